The highest BCUT2D eigenvalue weighted by atomic mass is 16.6. The molecule has 0 aliphatic rings. The van der Waals surface area contributed by atoms with E-state index in [-0.39, 0.29) is 6.09 Å². The van der Waals surface area contributed by atoms with Crippen molar-refractivity contribution >= 4 is 23.1 Å². The highest BCUT2D eigenvalue weighted by Crippen LogP contribution is 2.20. The average molecular weight is 286 g/mol. The Labute approximate surface area is 125 Å². The number of nitrogens with zero attached hydrogens (tertiary/aromatic N) is 1. The zero-order valence-electron chi connectivity index (χ0n) is 12.8. The Morgan fingerprint density at radius 3 is 2.76 bits per heavy atom. The molecule has 0 saturated heterocycles. The van der Waals surface area contributed by atoms with E-state index >= 15 is 0 Å². The predicted molar refractivity (Wildman–Crippen MR) is 86.3 cm³/mol. The molecule has 0 fully saturated rings. The number of carbonyl (C=O) groups is 1. The van der Waals surface area contributed by atoms with Crippen molar-refractivity contribution in [3.8, 4) is 0 Å². The van der Waals surface area contributed by atoms with E-state index in [1.165, 1.54) is 4.57 Å². The molecule has 0 aliphatic heterocycles. The van der Waals surface area contributed by atoms with Gasteiger partial charge in [0.05, 0.1) is 5.52 Å². The summed E-state index contributed by atoms with van der Waals surface area (Å²) < 4.78 is 6.93. The molecule has 1 aromatic heterocycles. The van der Waals surface area contributed by atoms with Crippen molar-refractivity contribution in [2.45, 2.75) is 32.8 Å². The summed E-state index contributed by atoms with van der Waals surface area (Å²) in [5.41, 5.74) is 6.91. The molecule has 1 heterocycles. The fourth-order valence-electron chi connectivity index (χ4n) is 2.05. The number of fused-ring (bicyclic) bond motifs is 1. The standard InChI is InChI=1S/C17H22N2O2/c1-17(2,3)21-16(20)19-11-9-14-12-13(6-4-5-10-18)7-8-15(14)19/h4,6-9,11-12H,5,10,18H2,1-3H3. The third-order valence-electron chi connectivity index (χ3n) is 2.95. The van der Waals surface area contributed by atoms with Gasteiger partial charge >= 0.3 is 6.09 Å². The van der Waals surface area contributed by atoms with E-state index in [0.29, 0.717) is 6.54 Å². The highest BCUT2D eigenvalue weighted by Gasteiger charge is 2.18. The first-order valence-electron chi connectivity index (χ1n) is 7.12. The van der Waals surface area contributed by atoms with E-state index in [0.717, 1.165) is 22.9 Å². The van der Waals surface area contributed by atoms with Crippen molar-refractivity contribution in [1.82, 2.24) is 4.57 Å². The maximum absolute atomic E-state index is 12.1. The van der Waals surface area contributed by atoms with Gasteiger partial charge in [-0.15, -0.1) is 0 Å². The molecule has 2 rings (SSSR count). The van der Waals surface area contributed by atoms with Gasteiger partial charge < -0.3 is 10.5 Å². The second-order valence-corrected chi connectivity index (χ2v) is 5.96. The minimum atomic E-state index is -0.501. The molecule has 2 N–H and O–H groups in total. The van der Waals surface area contributed by atoms with Crippen LogP contribution in [0.2, 0.25) is 0 Å². The van der Waals surface area contributed by atoms with Gasteiger partial charge in [0, 0.05) is 11.6 Å². The van der Waals surface area contributed by atoms with Crippen LogP contribution in [0.15, 0.2) is 36.5 Å². The predicted octanol–water partition coefficient (Wildman–Crippen LogP) is 3.79. The summed E-state index contributed by atoms with van der Waals surface area (Å²) >= 11 is 0. The van der Waals surface area contributed by atoms with Crippen LogP contribution in [0.25, 0.3) is 17.0 Å². The van der Waals surface area contributed by atoms with Crippen molar-refractivity contribution in [2.75, 3.05) is 6.54 Å². The lowest BCUT2D eigenvalue weighted by Crippen LogP contribution is -2.26. The molecule has 112 valence electrons. The van der Waals surface area contributed by atoms with Gasteiger partial charge in [-0.3, -0.25) is 4.57 Å². The lowest BCUT2D eigenvalue weighted by Gasteiger charge is -2.19. The summed E-state index contributed by atoms with van der Waals surface area (Å²) in [6.45, 7) is 6.22. The fraction of sp³-hybridized carbons (Fsp3) is 0.353. The van der Waals surface area contributed by atoms with E-state index in [4.69, 9.17) is 10.5 Å². The van der Waals surface area contributed by atoms with Crippen molar-refractivity contribution in [1.29, 1.82) is 0 Å². The molecule has 4 heteroatoms. The van der Waals surface area contributed by atoms with Crippen LogP contribution >= 0.6 is 0 Å². The Balaban J connectivity index is 2.27. The Kier molecular flexibility index (Phi) is 4.48. The van der Waals surface area contributed by atoms with Crippen LogP contribution in [-0.2, 0) is 4.74 Å². The molecule has 0 radical (unpaired) electrons. The third kappa shape index (κ3) is 3.95. The molecule has 0 spiro atoms. The van der Waals surface area contributed by atoms with Gasteiger partial charge in [-0.05, 0) is 57.5 Å². The van der Waals surface area contributed by atoms with Gasteiger partial charge in [-0.25, -0.2) is 4.79 Å². The number of nitrogens with two attached hydrogens (primary N) is 1. The Morgan fingerprint density at radius 2 is 2.10 bits per heavy atom. The van der Waals surface area contributed by atoms with Crippen LogP contribution in [-0.4, -0.2) is 22.8 Å². The monoisotopic (exact) mass is 286 g/mol. The molecule has 1 aromatic carbocycles. The number of rotatable bonds is 3. The molecule has 0 amide bonds. The summed E-state index contributed by atoms with van der Waals surface area (Å²) in [5, 5.41) is 1.01. The summed E-state index contributed by atoms with van der Waals surface area (Å²) in [6.07, 6.45) is 6.33. The first kappa shape index (κ1) is 15.3. The van der Waals surface area contributed by atoms with Crippen LogP contribution in [0, 0.1) is 0 Å². The molecule has 21 heavy (non-hydrogen) atoms. The first-order chi connectivity index (χ1) is 9.90. The maximum atomic E-state index is 12.1. The number of ether oxygens (including phenoxy) is 1. The van der Waals surface area contributed by atoms with Gasteiger partial charge in [0.1, 0.15) is 5.60 Å². The number of hydrogen-bond acceptors (Lipinski definition) is 3. The van der Waals surface area contributed by atoms with Gasteiger partial charge in [-0.2, -0.15) is 0 Å². The zero-order valence-corrected chi connectivity index (χ0v) is 12.8. The summed E-state index contributed by atoms with van der Waals surface area (Å²) in [6, 6.07) is 7.88. The summed E-state index contributed by atoms with van der Waals surface area (Å²) in [7, 11) is 0. The van der Waals surface area contributed by atoms with Crippen molar-refractivity contribution < 1.29 is 9.53 Å². The molecule has 0 bridgehead atoms. The average Bonchev–Trinajstić information content (AvgIpc) is 2.80. The molecular formula is C17H22N2O2. The van der Waals surface area contributed by atoms with Crippen LogP contribution in [0.1, 0.15) is 32.8 Å². The molecule has 0 atom stereocenters. The largest absolute Gasteiger partial charge is 0.443 e. The van der Waals surface area contributed by atoms with Gasteiger partial charge in [0.15, 0.2) is 0 Å². The van der Waals surface area contributed by atoms with Crippen LogP contribution in [0.4, 0.5) is 4.79 Å². The van der Waals surface area contributed by atoms with Gasteiger partial charge in [-0.1, -0.05) is 18.2 Å². The van der Waals surface area contributed by atoms with Crippen molar-refractivity contribution in [2.24, 2.45) is 5.73 Å². The van der Waals surface area contributed by atoms with Crippen LogP contribution in [0.5, 0.6) is 0 Å². The lowest BCUT2D eigenvalue weighted by atomic mass is 10.1. The number of benzene rings is 1. The van der Waals surface area contributed by atoms with Crippen molar-refractivity contribution in [3.05, 3.63) is 42.1 Å². The second kappa shape index (κ2) is 6.14. The smallest absolute Gasteiger partial charge is 0.418 e. The molecular weight excluding hydrogens is 264 g/mol. The lowest BCUT2D eigenvalue weighted by molar-refractivity contribution is 0.0544. The highest BCUT2D eigenvalue weighted by molar-refractivity contribution is 5.90. The van der Waals surface area contributed by atoms with E-state index in [2.05, 4.69) is 0 Å². The van der Waals surface area contributed by atoms with Crippen LogP contribution < -0.4 is 5.73 Å². The third-order valence-corrected chi connectivity index (χ3v) is 2.95. The number of aromatic nitrogens is 1. The Hall–Kier alpha value is -2.07. The minimum Gasteiger partial charge on any atom is -0.443 e. The molecule has 0 unspecified atom stereocenters. The summed E-state index contributed by atoms with van der Waals surface area (Å²) in [4.78, 5) is 12.1. The topological polar surface area (TPSA) is 57.2 Å². The van der Waals surface area contributed by atoms with E-state index in [1.54, 1.807) is 6.20 Å². The molecule has 0 saturated carbocycles. The normalized spacial score (nSPS) is 12.2. The van der Waals surface area contributed by atoms with E-state index in [1.807, 2.05) is 57.2 Å². The summed E-state index contributed by atoms with van der Waals surface area (Å²) in [5.74, 6) is 0. The number of carbonyl (C=O) groups excluding carboxylic acids is 1. The molecule has 2 aromatic rings. The first-order valence-corrected chi connectivity index (χ1v) is 7.12. The second-order valence-electron chi connectivity index (χ2n) is 5.96. The number of hydrogen-bond donors (Lipinski definition) is 1. The van der Waals surface area contributed by atoms with Crippen LogP contribution in [0.3, 0.4) is 0 Å². The fourth-order valence-corrected chi connectivity index (χ4v) is 2.05. The van der Waals surface area contributed by atoms with E-state index < -0.39 is 5.60 Å². The van der Waals surface area contributed by atoms with E-state index in [9.17, 15) is 4.79 Å². The van der Waals surface area contributed by atoms with Gasteiger partial charge in [0.2, 0.25) is 0 Å². The quantitative estimate of drug-likeness (QED) is 0.934. The van der Waals surface area contributed by atoms with Gasteiger partial charge in [0.25, 0.3) is 0 Å². The minimum absolute atomic E-state index is 0.357. The Morgan fingerprint density at radius 1 is 1.33 bits per heavy atom. The van der Waals surface area contributed by atoms with Crippen molar-refractivity contribution in [3.63, 3.8) is 0 Å². The zero-order chi connectivity index (χ0) is 15.5. The SMILES string of the molecule is CC(C)(C)OC(=O)n1ccc2cc(C=CCCN)ccc21. The molecule has 4 nitrogen and oxygen atoms in total. The maximum Gasteiger partial charge on any atom is 0.418 e. The molecule has 0 aliphatic carbocycles. The Bertz CT molecular complexity index is 663.